The number of ether oxygens (including phenoxy) is 1. The van der Waals surface area contributed by atoms with Crippen molar-refractivity contribution in [3.05, 3.63) is 30.0 Å². The number of carbonyl (C=O) groups excluding carboxylic acids is 1. The Labute approximate surface area is 110 Å². The third kappa shape index (κ3) is 1.81. The lowest BCUT2D eigenvalue weighted by molar-refractivity contribution is -0.0303. The molecule has 5 heteroatoms. The number of hydrogen-bond donors (Lipinski definition) is 1. The van der Waals surface area contributed by atoms with Crippen LogP contribution in [0, 0.1) is 0 Å². The number of likely N-dealkylation sites (tertiary alicyclic amines) is 1. The quantitative estimate of drug-likeness (QED) is 0.843. The van der Waals surface area contributed by atoms with Crippen LogP contribution in [0.15, 0.2) is 24.4 Å². The highest BCUT2D eigenvalue weighted by Crippen LogP contribution is 2.27. The van der Waals surface area contributed by atoms with E-state index in [1.807, 2.05) is 23.1 Å². The van der Waals surface area contributed by atoms with E-state index in [4.69, 9.17) is 4.74 Å². The molecule has 1 amide bonds. The van der Waals surface area contributed by atoms with E-state index in [1.165, 1.54) is 0 Å². The zero-order valence-electron chi connectivity index (χ0n) is 10.5. The summed E-state index contributed by atoms with van der Waals surface area (Å²) in [4.78, 5) is 14.4. The van der Waals surface area contributed by atoms with Crippen LogP contribution in [0.25, 0.3) is 10.9 Å². The molecular weight excluding hydrogens is 242 g/mol. The van der Waals surface area contributed by atoms with Crippen LogP contribution in [0.1, 0.15) is 23.2 Å². The highest BCUT2D eigenvalue weighted by molar-refractivity contribution is 5.97. The number of nitrogens with zero attached hydrogens (tertiary/aromatic N) is 2. The number of aromatic nitrogens is 2. The molecule has 0 aliphatic carbocycles. The van der Waals surface area contributed by atoms with Crippen LogP contribution in [0.2, 0.25) is 0 Å². The largest absolute Gasteiger partial charge is 0.371 e. The summed E-state index contributed by atoms with van der Waals surface area (Å²) >= 11 is 0. The topological polar surface area (TPSA) is 58.2 Å². The first-order chi connectivity index (χ1) is 9.29. The van der Waals surface area contributed by atoms with Crippen LogP contribution in [0.5, 0.6) is 0 Å². The van der Waals surface area contributed by atoms with Crippen molar-refractivity contribution in [2.24, 2.45) is 0 Å². The highest BCUT2D eigenvalue weighted by atomic mass is 16.5. The first kappa shape index (κ1) is 11.0. The summed E-state index contributed by atoms with van der Waals surface area (Å²) in [6.07, 6.45) is 4.39. The summed E-state index contributed by atoms with van der Waals surface area (Å²) in [5.74, 6) is 0.0942. The molecule has 0 spiro atoms. The highest BCUT2D eigenvalue weighted by Gasteiger charge is 2.35. The van der Waals surface area contributed by atoms with E-state index in [2.05, 4.69) is 10.2 Å². The van der Waals surface area contributed by atoms with E-state index in [1.54, 1.807) is 6.20 Å². The monoisotopic (exact) mass is 257 g/mol. The fraction of sp³-hybridized carbons (Fsp3) is 0.429. The number of morpholine rings is 1. The van der Waals surface area contributed by atoms with E-state index >= 15 is 0 Å². The molecule has 2 saturated heterocycles. The van der Waals surface area contributed by atoms with Gasteiger partial charge in [-0.05, 0) is 25.0 Å². The van der Waals surface area contributed by atoms with Crippen molar-refractivity contribution < 1.29 is 9.53 Å². The lowest BCUT2D eigenvalue weighted by atomic mass is 10.1. The fourth-order valence-corrected chi connectivity index (χ4v) is 3.03. The van der Waals surface area contributed by atoms with Crippen LogP contribution < -0.4 is 0 Å². The second kappa shape index (κ2) is 4.06. The molecule has 2 aromatic rings. The Balaban J connectivity index is 1.62. The lowest BCUT2D eigenvalue weighted by Gasteiger charge is -2.32. The Morgan fingerprint density at radius 2 is 2.11 bits per heavy atom. The average Bonchev–Trinajstić information content (AvgIpc) is 3.03. The summed E-state index contributed by atoms with van der Waals surface area (Å²) in [5, 5.41) is 7.91. The SMILES string of the molecule is O=C(c1ccc2cn[nH]c2c1)N1CC2CCC(C1)O2. The summed E-state index contributed by atoms with van der Waals surface area (Å²) in [6, 6.07) is 5.68. The first-order valence-electron chi connectivity index (χ1n) is 6.67. The Kier molecular flexibility index (Phi) is 2.35. The second-order valence-corrected chi connectivity index (χ2v) is 5.34. The predicted molar refractivity (Wildman–Crippen MR) is 69.9 cm³/mol. The van der Waals surface area contributed by atoms with Gasteiger partial charge in [0.25, 0.3) is 5.91 Å². The van der Waals surface area contributed by atoms with Crippen molar-refractivity contribution in [2.75, 3.05) is 13.1 Å². The Morgan fingerprint density at radius 3 is 2.89 bits per heavy atom. The number of carbonyl (C=O) groups is 1. The maximum absolute atomic E-state index is 12.5. The van der Waals surface area contributed by atoms with Gasteiger partial charge in [-0.2, -0.15) is 5.10 Å². The van der Waals surface area contributed by atoms with Gasteiger partial charge in [-0.1, -0.05) is 6.07 Å². The van der Waals surface area contributed by atoms with Crippen molar-refractivity contribution >= 4 is 16.8 Å². The van der Waals surface area contributed by atoms with Crippen molar-refractivity contribution in [1.82, 2.24) is 15.1 Å². The van der Waals surface area contributed by atoms with Crippen LogP contribution in [0.3, 0.4) is 0 Å². The smallest absolute Gasteiger partial charge is 0.254 e. The molecule has 5 nitrogen and oxygen atoms in total. The van der Waals surface area contributed by atoms with E-state index in [0.29, 0.717) is 0 Å². The molecule has 1 aromatic carbocycles. The molecule has 4 rings (SSSR count). The minimum absolute atomic E-state index is 0.0942. The fourth-order valence-electron chi connectivity index (χ4n) is 3.03. The zero-order chi connectivity index (χ0) is 12.8. The molecule has 1 aromatic heterocycles. The van der Waals surface area contributed by atoms with Gasteiger partial charge in [0.05, 0.1) is 23.9 Å². The van der Waals surface area contributed by atoms with Crippen molar-refractivity contribution in [3.8, 4) is 0 Å². The van der Waals surface area contributed by atoms with Crippen LogP contribution in [0.4, 0.5) is 0 Å². The summed E-state index contributed by atoms with van der Waals surface area (Å²) in [5.41, 5.74) is 1.63. The lowest BCUT2D eigenvalue weighted by Crippen LogP contribution is -2.45. The molecule has 2 bridgehead atoms. The number of aromatic amines is 1. The predicted octanol–water partition coefficient (Wildman–Crippen LogP) is 1.57. The number of nitrogens with one attached hydrogen (secondary N) is 1. The molecule has 2 fully saturated rings. The van der Waals surface area contributed by atoms with Crippen molar-refractivity contribution in [1.29, 1.82) is 0 Å². The van der Waals surface area contributed by atoms with Crippen LogP contribution in [-0.4, -0.2) is 46.3 Å². The third-order valence-electron chi connectivity index (χ3n) is 4.02. The van der Waals surface area contributed by atoms with E-state index in [0.717, 1.165) is 42.4 Å². The number of rotatable bonds is 1. The van der Waals surface area contributed by atoms with Gasteiger partial charge in [0.15, 0.2) is 0 Å². The molecule has 2 aliphatic rings. The van der Waals surface area contributed by atoms with Gasteiger partial charge in [0, 0.05) is 24.0 Å². The molecule has 19 heavy (non-hydrogen) atoms. The molecule has 0 saturated carbocycles. The van der Waals surface area contributed by atoms with Crippen LogP contribution in [-0.2, 0) is 4.74 Å². The third-order valence-corrected chi connectivity index (χ3v) is 4.02. The van der Waals surface area contributed by atoms with Gasteiger partial charge in [-0.3, -0.25) is 9.89 Å². The van der Waals surface area contributed by atoms with E-state index < -0.39 is 0 Å². The second-order valence-electron chi connectivity index (χ2n) is 5.34. The molecule has 0 radical (unpaired) electrons. The van der Waals surface area contributed by atoms with Gasteiger partial charge >= 0.3 is 0 Å². The molecule has 1 N–H and O–H groups in total. The molecule has 98 valence electrons. The number of fused-ring (bicyclic) bond motifs is 3. The molecular formula is C14H15N3O2. The molecule has 3 heterocycles. The van der Waals surface area contributed by atoms with Gasteiger partial charge in [0.1, 0.15) is 0 Å². The maximum atomic E-state index is 12.5. The Hall–Kier alpha value is -1.88. The molecule has 2 aliphatic heterocycles. The van der Waals surface area contributed by atoms with Gasteiger partial charge in [0.2, 0.25) is 0 Å². The van der Waals surface area contributed by atoms with Crippen molar-refractivity contribution in [2.45, 2.75) is 25.0 Å². The standard InChI is InChI=1S/C14H15N3O2/c18-14(17-7-11-3-4-12(8-17)19-11)9-1-2-10-6-15-16-13(10)5-9/h1-2,5-6,11-12H,3-4,7-8H2,(H,15,16). The van der Waals surface area contributed by atoms with Gasteiger partial charge in [-0.25, -0.2) is 0 Å². The number of amides is 1. The van der Waals surface area contributed by atoms with Crippen molar-refractivity contribution in [3.63, 3.8) is 0 Å². The summed E-state index contributed by atoms with van der Waals surface area (Å²) in [6.45, 7) is 1.44. The molecule has 2 atom stereocenters. The zero-order valence-corrected chi connectivity index (χ0v) is 10.5. The minimum Gasteiger partial charge on any atom is -0.371 e. The summed E-state index contributed by atoms with van der Waals surface area (Å²) < 4.78 is 5.76. The molecule has 2 unspecified atom stereocenters. The number of benzene rings is 1. The van der Waals surface area contributed by atoms with Gasteiger partial charge in [-0.15, -0.1) is 0 Å². The maximum Gasteiger partial charge on any atom is 0.254 e. The van der Waals surface area contributed by atoms with Gasteiger partial charge < -0.3 is 9.64 Å². The summed E-state index contributed by atoms with van der Waals surface area (Å²) in [7, 11) is 0. The minimum atomic E-state index is 0.0942. The number of H-pyrrole nitrogens is 1. The Bertz CT molecular complexity index is 624. The van der Waals surface area contributed by atoms with E-state index in [-0.39, 0.29) is 18.1 Å². The van der Waals surface area contributed by atoms with Crippen LogP contribution >= 0.6 is 0 Å². The number of hydrogen-bond acceptors (Lipinski definition) is 3. The Morgan fingerprint density at radius 1 is 1.32 bits per heavy atom. The average molecular weight is 257 g/mol. The normalized spacial score (nSPS) is 26.0. The van der Waals surface area contributed by atoms with E-state index in [9.17, 15) is 4.79 Å². The first-order valence-corrected chi connectivity index (χ1v) is 6.67.